The minimum absolute atomic E-state index is 0.590. The zero-order chi connectivity index (χ0) is 20.1. The normalized spacial score (nSPS) is 14.0. The maximum absolute atomic E-state index is 7.81. The van der Waals surface area contributed by atoms with Crippen molar-refractivity contribution in [3.05, 3.63) is 64.3 Å². The summed E-state index contributed by atoms with van der Waals surface area (Å²) in [5.41, 5.74) is 3.99. The number of rotatable bonds is 6. The fourth-order valence-corrected chi connectivity index (χ4v) is 5.09. The van der Waals surface area contributed by atoms with Crippen LogP contribution in [0.25, 0.3) is 15.4 Å². The van der Waals surface area contributed by atoms with Crippen molar-refractivity contribution in [2.24, 2.45) is 0 Å². The van der Waals surface area contributed by atoms with Crippen molar-refractivity contribution >= 4 is 34.6 Å². The number of hydrogen-bond donors (Lipinski definition) is 0. The molecule has 148 valence electrons. The van der Waals surface area contributed by atoms with E-state index in [-0.39, 0.29) is 0 Å². The van der Waals surface area contributed by atoms with E-state index in [0.29, 0.717) is 5.69 Å². The molecule has 0 aliphatic carbocycles. The molecule has 4 nitrogen and oxygen atoms in total. The van der Waals surface area contributed by atoms with E-state index < -0.39 is 0 Å². The van der Waals surface area contributed by atoms with Crippen molar-refractivity contribution < 1.29 is 0 Å². The van der Waals surface area contributed by atoms with Crippen LogP contribution in [0.3, 0.4) is 0 Å². The largest absolute Gasteiger partial charge is 0.365 e. The van der Waals surface area contributed by atoms with Crippen LogP contribution in [0.5, 0.6) is 0 Å². The molecule has 1 fully saturated rings. The molecule has 0 N–H and O–H groups in total. The zero-order valence-corrected chi connectivity index (χ0v) is 18.2. The van der Waals surface area contributed by atoms with Crippen LogP contribution >= 0.6 is 23.1 Å². The maximum atomic E-state index is 7.81. The molecular formula is C23H24N4S2. The second kappa shape index (κ2) is 9.43. The maximum Gasteiger partial charge on any atom is 0.254 e. The molecule has 6 heteroatoms. The van der Waals surface area contributed by atoms with Crippen molar-refractivity contribution in [3.8, 4) is 10.6 Å². The van der Waals surface area contributed by atoms with Gasteiger partial charge >= 0.3 is 0 Å². The summed E-state index contributed by atoms with van der Waals surface area (Å²) >= 11 is 3.28. The third-order valence-corrected chi connectivity index (χ3v) is 6.93. The molecule has 1 aromatic carbocycles. The highest BCUT2D eigenvalue weighted by atomic mass is 32.2. The molecule has 1 saturated heterocycles. The number of piperidine rings is 1. The molecule has 3 aromatic rings. The average Bonchev–Trinajstić information content (AvgIpc) is 3.32. The predicted molar refractivity (Wildman–Crippen MR) is 123 cm³/mol. The lowest BCUT2D eigenvalue weighted by Gasteiger charge is -2.29. The summed E-state index contributed by atoms with van der Waals surface area (Å²) in [5.74, 6) is 1.64. The van der Waals surface area contributed by atoms with Crippen molar-refractivity contribution in [1.82, 2.24) is 9.97 Å². The highest BCUT2D eigenvalue weighted by Crippen LogP contribution is 2.40. The third-order valence-electron chi connectivity index (χ3n) is 5.13. The lowest BCUT2D eigenvalue weighted by atomic mass is 10.1. The number of anilines is 1. The highest BCUT2D eigenvalue weighted by molar-refractivity contribution is 7.98. The van der Waals surface area contributed by atoms with Gasteiger partial charge in [-0.05, 0) is 48.3 Å². The summed E-state index contributed by atoms with van der Waals surface area (Å²) in [6.07, 6.45) is 4.60. The summed E-state index contributed by atoms with van der Waals surface area (Å²) in [6, 6.07) is 12.8. The molecule has 3 heterocycles. The standard InChI is InChI=1S/C23H24N4S2/c1-3-17-9-7-10-18(15-17)16-29-23-25-20(19-11-8-14-28-19)21(24-2)22(26-23)27-12-5-4-6-13-27/h7-11,14-15H,3-6,12-13,16H2,1H3. The molecule has 0 spiro atoms. The first-order valence-electron chi connectivity index (χ1n) is 10.1. The van der Waals surface area contributed by atoms with E-state index in [4.69, 9.17) is 16.5 Å². The van der Waals surface area contributed by atoms with Crippen LogP contribution < -0.4 is 4.90 Å². The SMILES string of the molecule is [C-]#[N+]c1c(-c2cccs2)nc(SCc2cccc(CC)c2)nc1N1CCCCC1. The lowest BCUT2D eigenvalue weighted by Crippen LogP contribution is -2.30. The van der Waals surface area contributed by atoms with E-state index in [2.05, 4.69) is 40.9 Å². The lowest BCUT2D eigenvalue weighted by molar-refractivity contribution is 0.572. The summed E-state index contributed by atoms with van der Waals surface area (Å²) in [7, 11) is 0. The summed E-state index contributed by atoms with van der Waals surface area (Å²) in [4.78, 5) is 16.9. The quantitative estimate of drug-likeness (QED) is 0.255. The van der Waals surface area contributed by atoms with Crippen molar-refractivity contribution in [3.63, 3.8) is 0 Å². The highest BCUT2D eigenvalue weighted by Gasteiger charge is 2.23. The predicted octanol–water partition coefficient (Wildman–Crippen LogP) is 6.60. The van der Waals surface area contributed by atoms with Gasteiger partial charge in [-0.25, -0.2) is 14.8 Å². The van der Waals surface area contributed by atoms with E-state index >= 15 is 0 Å². The fraction of sp³-hybridized carbons (Fsp3) is 0.348. The second-order valence-corrected chi connectivity index (χ2v) is 9.02. The van der Waals surface area contributed by atoms with E-state index in [1.54, 1.807) is 23.1 Å². The molecule has 1 aliphatic heterocycles. The minimum Gasteiger partial charge on any atom is -0.365 e. The Morgan fingerprint density at radius 1 is 1.10 bits per heavy atom. The van der Waals surface area contributed by atoms with Crippen LogP contribution in [-0.4, -0.2) is 23.1 Å². The third kappa shape index (κ3) is 4.63. The van der Waals surface area contributed by atoms with Crippen LogP contribution in [0.4, 0.5) is 11.5 Å². The molecule has 0 radical (unpaired) electrons. The van der Waals surface area contributed by atoms with Gasteiger partial charge in [0.25, 0.3) is 5.69 Å². The fourth-order valence-electron chi connectivity index (χ4n) is 3.59. The number of benzene rings is 1. The number of nitrogens with zero attached hydrogens (tertiary/aromatic N) is 4. The van der Waals surface area contributed by atoms with E-state index in [1.807, 2.05) is 17.5 Å². The summed E-state index contributed by atoms with van der Waals surface area (Å²) in [6.45, 7) is 11.9. The van der Waals surface area contributed by atoms with E-state index in [0.717, 1.165) is 59.7 Å². The first-order valence-corrected chi connectivity index (χ1v) is 11.9. The molecule has 0 unspecified atom stereocenters. The van der Waals surface area contributed by atoms with Crippen LogP contribution in [0.15, 0.2) is 46.9 Å². The first-order chi connectivity index (χ1) is 14.3. The second-order valence-electron chi connectivity index (χ2n) is 7.13. The Balaban J connectivity index is 1.69. The van der Waals surface area contributed by atoms with Gasteiger partial charge in [-0.15, -0.1) is 11.3 Å². The Kier molecular flexibility index (Phi) is 6.48. The molecule has 0 atom stereocenters. The zero-order valence-electron chi connectivity index (χ0n) is 16.6. The number of aryl methyl sites for hydroxylation is 1. The van der Waals surface area contributed by atoms with Crippen LogP contribution in [-0.2, 0) is 12.2 Å². The number of aromatic nitrogens is 2. The van der Waals surface area contributed by atoms with Crippen LogP contribution in [0.1, 0.15) is 37.3 Å². The molecule has 29 heavy (non-hydrogen) atoms. The van der Waals surface area contributed by atoms with Gasteiger partial charge in [0.2, 0.25) is 0 Å². The van der Waals surface area contributed by atoms with Gasteiger partial charge in [0.15, 0.2) is 5.16 Å². The van der Waals surface area contributed by atoms with Crippen molar-refractivity contribution in [2.45, 2.75) is 43.5 Å². The van der Waals surface area contributed by atoms with Crippen molar-refractivity contribution in [1.29, 1.82) is 0 Å². The first kappa shape index (κ1) is 19.9. The molecule has 0 amide bonds. The van der Waals surface area contributed by atoms with Gasteiger partial charge < -0.3 is 4.90 Å². The summed E-state index contributed by atoms with van der Waals surface area (Å²) in [5, 5.41) is 2.79. The van der Waals surface area contributed by atoms with Gasteiger partial charge in [0.05, 0.1) is 12.3 Å². The molecular weight excluding hydrogens is 396 g/mol. The molecule has 4 rings (SSSR count). The monoisotopic (exact) mass is 420 g/mol. The Morgan fingerprint density at radius 3 is 2.66 bits per heavy atom. The number of thiophene rings is 1. The van der Waals surface area contributed by atoms with Crippen molar-refractivity contribution in [2.75, 3.05) is 18.0 Å². The smallest absolute Gasteiger partial charge is 0.254 e. The van der Waals surface area contributed by atoms with Gasteiger partial charge in [-0.3, -0.25) is 0 Å². The minimum atomic E-state index is 0.590. The van der Waals surface area contributed by atoms with Gasteiger partial charge in [0, 0.05) is 23.7 Å². The molecule has 0 saturated carbocycles. The topological polar surface area (TPSA) is 33.4 Å². The molecule has 0 bridgehead atoms. The Morgan fingerprint density at radius 2 is 1.93 bits per heavy atom. The van der Waals surface area contributed by atoms with Gasteiger partial charge in [-0.2, -0.15) is 0 Å². The average molecular weight is 421 g/mol. The van der Waals surface area contributed by atoms with E-state index in [1.165, 1.54) is 17.5 Å². The number of thioether (sulfide) groups is 1. The van der Waals surface area contributed by atoms with Crippen LogP contribution in [0.2, 0.25) is 0 Å². The molecule has 2 aromatic heterocycles. The van der Waals surface area contributed by atoms with Gasteiger partial charge in [0.1, 0.15) is 5.82 Å². The molecule has 1 aliphatic rings. The van der Waals surface area contributed by atoms with E-state index in [9.17, 15) is 0 Å². The van der Waals surface area contributed by atoms with Gasteiger partial charge in [-0.1, -0.05) is 49.0 Å². The Hall–Kier alpha value is -2.36. The Labute approximate surface area is 180 Å². The number of hydrogen-bond acceptors (Lipinski definition) is 5. The van der Waals surface area contributed by atoms with Crippen LogP contribution in [0, 0.1) is 6.57 Å². The Bertz CT molecular complexity index is 1000. The summed E-state index contributed by atoms with van der Waals surface area (Å²) < 4.78 is 0.